The van der Waals surface area contributed by atoms with Gasteiger partial charge in [0.1, 0.15) is 0 Å². The summed E-state index contributed by atoms with van der Waals surface area (Å²) in [5.41, 5.74) is 5.46. The Kier molecular flexibility index (Phi) is 8.48. The van der Waals surface area contributed by atoms with Crippen LogP contribution < -0.4 is 5.73 Å². The molecular formula is C6H14ClNO2. The molecule has 0 saturated heterocycles. The van der Waals surface area contributed by atoms with Crippen LogP contribution in [-0.4, -0.2) is 17.1 Å². The predicted molar refractivity (Wildman–Crippen MR) is 42.4 cm³/mol. The highest BCUT2D eigenvalue weighted by atomic mass is 35.5. The molecular weight excluding hydrogens is 154 g/mol. The van der Waals surface area contributed by atoms with Gasteiger partial charge in [-0.2, -0.15) is 0 Å². The molecule has 0 radical (unpaired) electrons. The summed E-state index contributed by atoms with van der Waals surface area (Å²) < 4.78 is 0. The summed E-state index contributed by atoms with van der Waals surface area (Å²) in [6.07, 6.45) is 1.63. The summed E-state index contributed by atoms with van der Waals surface area (Å²) in [7, 11) is 0. The normalized spacial score (nSPS) is 11.8. The van der Waals surface area contributed by atoms with Crippen LogP contribution in [0.2, 0.25) is 0 Å². The Bertz CT molecular complexity index is 97.7. The lowest BCUT2D eigenvalue weighted by atomic mass is 10.1. The minimum atomic E-state index is -0.765. The number of aliphatic carboxylic acids is 1. The van der Waals surface area contributed by atoms with Crippen LogP contribution in [0.15, 0.2) is 0 Å². The van der Waals surface area contributed by atoms with Crippen LogP contribution >= 0.6 is 12.4 Å². The van der Waals surface area contributed by atoms with Gasteiger partial charge in [-0.1, -0.05) is 6.92 Å². The zero-order valence-corrected chi connectivity index (χ0v) is 6.86. The molecule has 3 nitrogen and oxygen atoms in total. The van der Waals surface area contributed by atoms with Crippen LogP contribution in [0.25, 0.3) is 0 Å². The summed E-state index contributed by atoms with van der Waals surface area (Å²) in [5, 5.41) is 8.20. The molecule has 0 amide bonds. The van der Waals surface area contributed by atoms with Crippen molar-refractivity contribution in [3.8, 4) is 0 Å². The maximum absolute atomic E-state index is 9.96. The standard InChI is InChI=1S/C6H13NO2.ClH/c1-2-5(7)3-4-6(8)9;/h5H,2-4,7H2,1H3,(H,8,9);1H. The zero-order chi connectivity index (χ0) is 7.28. The van der Waals surface area contributed by atoms with Crippen molar-refractivity contribution in [2.24, 2.45) is 5.73 Å². The monoisotopic (exact) mass is 167 g/mol. The molecule has 0 aromatic rings. The number of carbonyl (C=O) groups is 1. The number of hydrogen-bond donors (Lipinski definition) is 2. The van der Waals surface area contributed by atoms with Gasteiger partial charge in [-0.05, 0) is 12.8 Å². The molecule has 0 aliphatic heterocycles. The highest BCUT2D eigenvalue weighted by molar-refractivity contribution is 5.85. The molecule has 0 aromatic heterocycles. The van der Waals surface area contributed by atoms with Gasteiger partial charge < -0.3 is 10.8 Å². The lowest BCUT2D eigenvalue weighted by Crippen LogP contribution is -2.19. The lowest BCUT2D eigenvalue weighted by Gasteiger charge is -2.03. The first-order chi connectivity index (χ1) is 4.16. The fraction of sp³-hybridized carbons (Fsp3) is 0.833. The minimum absolute atomic E-state index is 0. The summed E-state index contributed by atoms with van der Waals surface area (Å²) in [6.45, 7) is 1.95. The predicted octanol–water partition coefficient (Wildman–Crippen LogP) is 1.01. The van der Waals surface area contributed by atoms with Crippen molar-refractivity contribution in [3.05, 3.63) is 0 Å². The number of carboxylic acid groups (broad SMARTS) is 1. The molecule has 0 rings (SSSR count). The number of hydrogen-bond acceptors (Lipinski definition) is 2. The van der Waals surface area contributed by atoms with Gasteiger partial charge in [-0.3, -0.25) is 4.79 Å². The van der Waals surface area contributed by atoms with Crippen LogP contribution in [0.4, 0.5) is 0 Å². The topological polar surface area (TPSA) is 63.3 Å². The van der Waals surface area contributed by atoms with E-state index in [1.165, 1.54) is 0 Å². The van der Waals surface area contributed by atoms with E-state index in [1.807, 2.05) is 6.92 Å². The molecule has 0 bridgehead atoms. The van der Waals surface area contributed by atoms with Crippen molar-refractivity contribution < 1.29 is 9.90 Å². The van der Waals surface area contributed by atoms with E-state index in [9.17, 15) is 4.79 Å². The Labute approximate surface area is 67.0 Å². The summed E-state index contributed by atoms with van der Waals surface area (Å²) in [6, 6.07) is 0.0566. The van der Waals surface area contributed by atoms with E-state index in [1.54, 1.807) is 0 Å². The van der Waals surface area contributed by atoms with Crippen molar-refractivity contribution in [1.29, 1.82) is 0 Å². The second-order valence-electron chi connectivity index (χ2n) is 2.10. The quantitative estimate of drug-likeness (QED) is 0.657. The Morgan fingerprint density at radius 1 is 1.70 bits per heavy atom. The smallest absolute Gasteiger partial charge is 0.303 e. The Balaban J connectivity index is 0. The first-order valence-electron chi connectivity index (χ1n) is 3.14. The Hall–Kier alpha value is -0.280. The molecule has 10 heavy (non-hydrogen) atoms. The fourth-order valence-electron chi connectivity index (χ4n) is 0.513. The molecule has 3 N–H and O–H groups in total. The zero-order valence-electron chi connectivity index (χ0n) is 6.04. The first-order valence-corrected chi connectivity index (χ1v) is 3.14. The number of nitrogens with two attached hydrogens (primary N) is 1. The largest absolute Gasteiger partial charge is 0.481 e. The van der Waals surface area contributed by atoms with Crippen LogP contribution in [0, 0.1) is 0 Å². The van der Waals surface area contributed by atoms with Gasteiger partial charge >= 0.3 is 5.97 Å². The van der Waals surface area contributed by atoms with Crippen molar-refractivity contribution in [1.82, 2.24) is 0 Å². The van der Waals surface area contributed by atoms with E-state index >= 15 is 0 Å². The highest BCUT2D eigenvalue weighted by Crippen LogP contribution is 1.96. The van der Waals surface area contributed by atoms with E-state index in [-0.39, 0.29) is 24.9 Å². The molecule has 62 valence electrons. The summed E-state index contributed by atoms with van der Waals surface area (Å²) >= 11 is 0. The highest BCUT2D eigenvalue weighted by Gasteiger charge is 2.01. The SMILES string of the molecule is CCC(N)CCC(=O)O.Cl. The summed E-state index contributed by atoms with van der Waals surface area (Å²) in [4.78, 5) is 9.96. The molecule has 0 aliphatic rings. The average Bonchev–Trinajstić information content (AvgIpc) is 1.83. The Morgan fingerprint density at radius 3 is 2.50 bits per heavy atom. The maximum atomic E-state index is 9.96. The van der Waals surface area contributed by atoms with E-state index in [0.717, 1.165) is 6.42 Å². The van der Waals surface area contributed by atoms with E-state index in [0.29, 0.717) is 6.42 Å². The van der Waals surface area contributed by atoms with Crippen LogP contribution in [0.1, 0.15) is 26.2 Å². The van der Waals surface area contributed by atoms with Crippen LogP contribution in [0.3, 0.4) is 0 Å². The van der Waals surface area contributed by atoms with Crippen molar-refractivity contribution in [3.63, 3.8) is 0 Å². The molecule has 1 atom stereocenters. The average molecular weight is 168 g/mol. The van der Waals surface area contributed by atoms with Crippen LogP contribution in [0.5, 0.6) is 0 Å². The number of halogens is 1. The molecule has 0 fully saturated rings. The number of rotatable bonds is 4. The third-order valence-corrected chi connectivity index (χ3v) is 1.25. The van der Waals surface area contributed by atoms with Gasteiger partial charge in [0, 0.05) is 12.5 Å². The van der Waals surface area contributed by atoms with E-state index in [2.05, 4.69) is 0 Å². The molecule has 0 heterocycles. The van der Waals surface area contributed by atoms with Gasteiger partial charge in [-0.15, -0.1) is 12.4 Å². The van der Waals surface area contributed by atoms with E-state index < -0.39 is 5.97 Å². The molecule has 1 unspecified atom stereocenters. The second kappa shape index (κ2) is 6.83. The number of carboxylic acids is 1. The maximum Gasteiger partial charge on any atom is 0.303 e. The summed E-state index contributed by atoms with van der Waals surface area (Å²) in [5.74, 6) is -0.765. The van der Waals surface area contributed by atoms with Gasteiger partial charge in [0.15, 0.2) is 0 Å². The molecule has 4 heteroatoms. The third kappa shape index (κ3) is 7.72. The second-order valence-corrected chi connectivity index (χ2v) is 2.10. The lowest BCUT2D eigenvalue weighted by molar-refractivity contribution is -0.137. The van der Waals surface area contributed by atoms with Crippen molar-refractivity contribution in [2.45, 2.75) is 32.2 Å². The van der Waals surface area contributed by atoms with E-state index in [4.69, 9.17) is 10.8 Å². The molecule has 0 aromatic carbocycles. The van der Waals surface area contributed by atoms with Crippen molar-refractivity contribution in [2.75, 3.05) is 0 Å². The first kappa shape index (κ1) is 12.4. The third-order valence-electron chi connectivity index (χ3n) is 1.25. The fourth-order valence-corrected chi connectivity index (χ4v) is 0.513. The van der Waals surface area contributed by atoms with Gasteiger partial charge in [0.05, 0.1) is 0 Å². The van der Waals surface area contributed by atoms with Crippen LogP contribution in [-0.2, 0) is 4.79 Å². The molecule has 0 saturated carbocycles. The van der Waals surface area contributed by atoms with Gasteiger partial charge in [0.2, 0.25) is 0 Å². The molecule has 0 spiro atoms. The van der Waals surface area contributed by atoms with Crippen molar-refractivity contribution >= 4 is 18.4 Å². The van der Waals surface area contributed by atoms with Gasteiger partial charge in [0.25, 0.3) is 0 Å². The Morgan fingerprint density at radius 2 is 2.20 bits per heavy atom. The minimum Gasteiger partial charge on any atom is -0.481 e. The molecule has 0 aliphatic carbocycles. The van der Waals surface area contributed by atoms with Gasteiger partial charge in [-0.25, -0.2) is 0 Å².